The molecule has 1 aliphatic heterocycles. The second-order valence-electron chi connectivity index (χ2n) is 5.85. The van der Waals surface area contributed by atoms with E-state index in [0.29, 0.717) is 24.7 Å². The molecule has 148 valence electrons. The predicted molar refractivity (Wildman–Crippen MR) is 95.8 cm³/mol. The van der Waals surface area contributed by atoms with Gasteiger partial charge in [0.15, 0.2) is 21.3 Å². The molecule has 28 heavy (non-hydrogen) atoms. The lowest BCUT2D eigenvalue weighted by Gasteiger charge is -2.18. The minimum Gasteiger partial charge on any atom is -0.486 e. The summed E-state index contributed by atoms with van der Waals surface area (Å²) in [4.78, 5) is 21.8. The number of halogens is 1. The maximum absolute atomic E-state index is 13.3. The van der Waals surface area contributed by atoms with Gasteiger partial charge in [-0.3, -0.25) is 14.9 Å². The summed E-state index contributed by atoms with van der Waals surface area (Å²) in [6.07, 6.45) is -0.387. The number of carbonyl (C=O) groups excluding carboxylic acids is 1. The number of hydrogen-bond acceptors (Lipinski definition) is 7. The summed E-state index contributed by atoms with van der Waals surface area (Å²) in [5, 5.41) is 13.0. The molecule has 1 N–H and O–H groups in total. The largest absolute Gasteiger partial charge is 0.486 e. The highest BCUT2D eigenvalue weighted by Gasteiger charge is 2.21. The highest BCUT2D eigenvalue weighted by Crippen LogP contribution is 2.32. The fraction of sp³-hybridized carbons (Fsp3) is 0.235. The van der Waals surface area contributed by atoms with Gasteiger partial charge in [0.05, 0.1) is 15.6 Å². The Kier molecular flexibility index (Phi) is 5.45. The Bertz CT molecular complexity index is 1040. The maximum atomic E-state index is 13.3. The topological polar surface area (TPSA) is 125 Å². The minimum absolute atomic E-state index is 0.00479. The second-order valence-corrected chi connectivity index (χ2v) is 7.95. The summed E-state index contributed by atoms with van der Waals surface area (Å²) >= 11 is 0. The number of nitrogens with zero attached hydrogens (tertiary/aromatic N) is 1. The molecule has 0 radical (unpaired) electrons. The normalized spacial score (nSPS) is 13.0. The molecule has 1 heterocycles. The molecule has 0 saturated carbocycles. The van der Waals surface area contributed by atoms with Gasteiger partial charge >= 0.3 is 5.69 Å². The average molecular weight is 410 g/mol. The zero-order valence-corrected chi connectivity index (χ0v) is 15.2. The Hall–Kier alpha value is -3.21. The van der Waals surface area contributed by atoms with Crippen molar-refractivity contribution in [3.05, 3.63) is 52.3 Å². The monoisotopic (exact) mass is 410 g/mol. The van der Waals surface area contributed by atoms with Gasteiger partial charge in [0.1, 0.15) is 13.2 Å². The standard InChI is InChI=1S/C17H15FN2O7S/c18-13-3-1-11(9-14(13)20(22)23)19-17(21)5-8-28(24,25)12-2-4-15-16(10-12)27-7-6-26-15/h1-4,9-10H,5-8H2,(H,19,21). The molecule has 0 spiro atoms. The number of nitrogens with one attached hydrogen (secondary N) is 1. The number of rotatable bonds is 6. The van der Waals surface area contributed by atoms with Crippen molar-refractivity contribution in [1.29, 1.82) is 0 Å². The number of ether oxygens (including phenoxy) is 2. The number of anilines is 1. The van der Waals surface area contributed by atoms with E-state index in [2.05, 4.69) is 5.32 Å². The van der Waals surface area contributed by atoms with Crippen LogP contribution in [0.3, 0.4) is 0 Å². The second kappa shape index (κ2) is 7.80. The summed E-state index contributed by atoms with van der Waals surface area (Å²) in [7, 11) is -3.77. The first kappa shape index (κ1) is 19.5. The highest BCUT2D eigenvalue weighted by atomic mass is 32.2. The fourth-order valence-corrected chi connectivity index (χ4v) is 3.77. The Balaban J connectivity index is 1.65. The molecule has 11 heteroatoms. The SMILES string of the molecule is O=C(CCS(=O)(=O)c1ccc2c(c1)OCCO2)Nc1ccc(F)c([N+](=O)[O-])c1. The van der Waals surface area contributed by atoms with Crippen LogP contribution in [0.4, 0.5) is 15.8 Å². The molecule has 2 aromatic carbocycles. The molecule has 0 aliphatic carbocycles. The van der Waals surface area contributed by atoms with Crippen LogP contribution in [0.5, 0.6) is 11.5 Å². The van der Waals surface area contributed by atoms with Crippen molar-refractivity contribution in [3.63, 3.8) is 0 Å². The number of sulfone groups is 1. The number of nitro benzene ring substituents is 1. The van der Waals surface area contributed by atoms with Crippen LogP contribution < -0.4 is 14.8 Å². The van der Waals surface area contributed by atoms with Crippen LogP contribution in [0.1, 0.15) is 6.42 Å². The van der Waals surface area contributed by atoms with Gasteiger partial charge in [-0.25, -0.2) is 8.42 Å². The lowest BCUT2D eigenvalue weighted by atomic mass is 10.2. The van der Waals surface area contributed by atoms with Gasteiger partial charge in [-0.2, -0.15) is 4.39 Å². The quantitative estimate of drug-likeness (QED) is 0.572. The summed E-state index contributed by atoms with van der Waals surface area (Å²) in [5.74, 6) is -1.44. The van der Waals surface area contributed by atoms with Crippen molar-refractivity contribution >= 4 is 27.1 Å². The van der Waals surface area contributed by atoms with Gasteiger partial charge in [0.25, 0.3) is 0 Å². The third-order valence-electron chi connectivity index (χ3n) is 3.90. The molecule has 0 bridgehead atoms. The summed E-state index contributed by atoms with van der Waals surface area (Å²) in [6, 6.07) is 7.05. The smallest absolute Gasteiger partial charge is 0.306 e. The Morgan fingerprint density at radius 3 is 2.57 bits per heavy atom. The van der Waals surface area contributed by atoms with Crippen LogP contribution in [0.2, 0.25) is 0 Å². The van der Waals surface area contributed by atoms with E-state index in [0.717, 1.165) is 18.2 Å². The zero-order chi connectivity index (χ0) is 20.3. The Morgan fingerprint density at radius 2 is 1.86 bits per heavy atom. The Labute approximate surface area is 159 Å². The molecular formula is C17H15FN2O7S. The average Bonchev–Trinajstić information content (AvgIpc) is 2.67. The molecule has 1 aliphatic rings. The molecule has 0 saturated heterocycles. The van der Waals surface area contributed by atoms with Crippen molar-refractivity contribution in [1.82, 2.24) is 0 Å². The van der Waals surface area contributed by atoms with E-state index >= 15 is 0 Å². The van der Waals surface area contributed by atoms with Gasteiger partial charge in [0, 0.05) is 24.2 Å². The first-order valence-corrected chi connectivity index (χ1v) is 9.78. The van der Waals surface area contributed by atoms with Crippen LogP contribution >= 0.6 is 0 Å². The van der Waals surface area contributed by atoms with Crippen LogP contribution in [0, 0.1) is 15.9 Å². The molecule has 2 aromatic rings. The zero-order valence-electron chi connectivity index (χ0n) is 14.4. The van der Waals surface area contributed by atoms with Crippen molar-refractivity contribution in [2.45, 2.75) is 11.3 Å². The van der Waals surface area contributed by atoms with Crippen molar-refractivity contribution in [3.8, 4) is 11.5 Å². The number of nitro groups is 1. The molecule has 0 unspecified atom stereocenters. The number of fused-ring (bicyclic) bond motifs is 1. The van der Waals surface area contributed by atoms with Gasteiger partial charge in [-0.1, -0.05) is 0 Å². The molecule has 0 atom stereocenters. The molecule has 0 aromatic heterocycles. The van der Waals surface area contributed by atoms with Crippen molar-refractivity contribution < 1.29 is 32.0 Å². The fourth-order valence-electron chi connectivity index (χ4n) is 2.52. The van der Waals surface area contributed by atoms with Crippen LogP contribution in [-0.2, 0) is 14.6 Å². The number of carbonyl (C=O) groups is 1. The predicted octanol–water partition coefficient (Wildman–Crippen LogP) is 2.31. The first-order valence-electron chi connectivity index (χ1n) is 8.12. The van der Waals surface area contributed by atoms with E-state index in [9.17, 15) is 27.7 Å². The van der Waals surface area contributed by atoms with E-state index in [1.807, 2.05) is 0 Å². The molecule has 9 nitrogen and oxygen atoms in total. The lowest BCUT2D eigenvalue weighted by molar-refractivity contribution is -0.387. The summed E-state index contributed by atoms with van der Waals surface area (Å²) < 4.78 is 48.9. The first-order chi connectivity index (χ1) is 13.3. The van der Waals surface area contributed by atoms with Crippen LogP contribution in [-0.4, -0.2) is 38.2 Å². The summed E-state index contributed by atoms with van der Waals surface area (Å²) in [6.45, 7) is 0.684. The van der Waals surface area contributed by atoms with E-state index in [1.165, 1.54) is 18.2 Å². The number of benzene rings is 2. The van der Waals surface area contributed by atoms with Gasteiger partial charge in [0.2, 0.25) is 11.7 Å². The third kappa shape index (κ3) is 4.36. The van der Waals surface area contributed by atoms with Gasteiger partial charge < -0.3 is 14.8 Å². The van der Waals surface area contributed by atoms with E-state index < -0.39 is 37.9 Å². The number of amides is 1. The van der Waals surface area contributed by atoms with E-state index in [4.69, 9.17) is 9.47 Å². The summed E-state index contributed by atoms with van der Waals surface area (Å²) in [5.41, 5.74) is -0.795. The number of hydrogen-bond donors (Lipinski definition) is 1. The van der Waals surface area contributed by atoms with E-state index in [1.54, 1.807) is 0 Å². The van der Waals surface area contributed by atoms with E-state index in [-0.39, 0.29) is 17.0 Å². The van der Waals surface area contributed by atoms with Crippen molar-refractivity contribution in [2.24, 2.45) is 0 Å². The Morgan fingerprint density at radius 1 is 1.14 bits per heavy atom. The van der Waals surface area contributed by atoms with Crippen LogP contribution in [0.15, 0.2) is 41.3 Å². The molecule has 0 fully saturated rings. The van der Waals surface area contributed by atoms with Gasteiger partial charge in [-0.05, 0) is 24.3 Å². The minimum atomic E-state index is -3.77. The lowest BCUT2D eigenvalue weighted by Crippen LogP contribution is -2.18. The van der Waals surface area contributed by atoms with Gasteiger partial charge in [-0.15, -0.1) is 0 Å². The molecular weight excluding hydrogens is 395 g/mol. The van der Waals surface area contributed by atoms with Crippen LogP contribution in [0.25, 0.3) is 0 Å². The molecule has 1 amide bonds. The maximum Gasteiger partial charge on any atom is 0.306 e. The van der Waals surface area contributed by atoms with Crippen molar-refractivity contribution in [2.75, 3.05) is 24.3 Å². The highest BCUT2D eigenvalue weighted by molar-refractivity contribution is 7.91. The molecule has 3 rings (SSSR count). The third-order valence-corrected chi connectivity index (χ3v) is 5.61.